The van der Waals surface area contributed by atoms with Crippen molar-refractivity contribution in [3.8, 4) is 0 Å². The predicted octanol–water partition coefficient (Wildman–Crippen LogP) is 1.62. The van der Waals surface area contributed by atoms with Crippen LogP contribution >= 0.6 is 11.6 Å². The van der Waals surface area contributed by atoms with Crippen molar-refractivity contribution in [3.05, 3.63) is 57.9 Å². The van der Waals surface area contributed by atoms with Gasteiger partial charge in [0, 0.05) is 29.4 Å². The molecule has 0 fully saturated rings. The molecule has 0 spiro atoms. The summed E-state index contributed by atoms with van der Waals surface area (Å²) in [5.74, 6) is -1.57. The maximum Gasteiger partial charge on any atom is 0.331 e. The van der Waals surface area contributed by atoms with Crippen LogP contribution in [0.25, 0.3) is 6.08 Å². The van der Waals surface area contributed by atoms with E-state index in [1.165, 1.54) is 13.1 Å². The van der Waals surface area contributed by atoms with Crippen LogP contribution in [0.1, 0.15) is 22.5 Å². The molecule has 2 N–H and O–H groups in total. The molecule has 0 saturated heterocycles. The highest BCUT2D eigenvalue weighted by molar-refractivity contribution is 6.31. The molecule has 0 aliphatic heterocycles. The summed E-state index contributed by atoms with van der Waals surface area (Å²) in [4.78, 5) is 34.5. The Kier molecular flexibility index (Phi) is 7.97. The molecule has 0 atom stereocenters. The fraction of sp³-hybridized carbons (Fsp3) is 0.300. The summed E-state index contributed by atoms with van der Waals surface area (Å²) in [6.45, 7) is 3.60. The van der Waals surface area contributed by atoms with Crippen molar-refractivity contribution in [2.24, 2.45) is 0 Å². The molecule has 9 heteroatoms. The van der Waals surface area contributed by atoms with Gasteiger partial charge in [-0.2, -0.15) is 5.10 Å². The summed E-state index contributed by atoms with van der Waals surface area (Å²) < 4.78 is 6.69. The van der Waals surface area contributed by atoms with Crippen molar-refractivity contribution in [1.29, 1.82) is 0 Å². The molecule has 0 aliphatic carbocycles. The number of hydrogen-bond acceptors (Lipinski definition) is 5. The topological polar surface area (TPSA) is 102 Å². The number of aromatic nitrogens is 2. The van der Waals surface area contributed by atoms with Gasteiger partial charge in [0.1, 0.15) is 0 Å². The third kappa shape index (κ3) is 6.46. The average molecular weight is 419 g/mol. The first kappa shape index (κ1) is 22.2. The molecule has 0 radical (unpaired) electrons. The minimum Gasteiger partial charge on any atom is -0.452 e. The Morgan fingerprint density at radius 1 is 1.21 bits per heavy atom. The second-order valence-electron chi connectivity index (χ2n) is 6.22. The number of esters is 1. The SMILES string of the molecule is CNC(=O)CNC(=O)COC(=O)/C=C/c1c(C)nn(Cc2ccccc2Cl)c1C. The van der Waals surface area contributed by atoms with Crippen LogP contribution in [0.2, 0.25) is 5.02 Å². The van der Waals surface area contributed by atoms with Crippen LogP contribution in [0.3, 0.4) is 0 Å². The molecule has 1 heterocycles. The number of amides is 2. The van der Waals surface area contributed by atoms with Crippen LogP contribution in [-0.2, 0) is 25.7 Å². The first-order chi connectivity index (χ1) is 13.8. The van der Waals surface area contributed by atoms with Crippen molar-refractivity contribution in [3.63, 3.8) is 0 Å². The molecule has 1 aromatic carbocycles. The fourth-order valence-corrected chi connectivity index (χ4v) is 2.74. The largest absolute Gasteiger partial charge is 0.452 e. The predicted molar refractivity (Wildman–Crippen MR) is 109 cm³/mol. The van der Waals surface area contributed by atoms with E-state index < -0.39 is 18.5 Å². The second kappa shape index (κ2) is 10.4. The van der Waals surface area contributed by atoms with Gasteiger partial charge in [0.2, 0.25) is 5.91 Å². The summed E-state index contributed by atoms with van der Waals surface area (Å²) in [6, 6.07) is 7.53. The lowest BCUT2D eigenvalue weighted by Crippen LogP contribution is -2.37. The van der Waals surface area contributed by atoms with E-state index in [1.807, 2.05) is 42.8 Å². The molecule has 29 heavy (non-hydrogen) atoms. The minimum atomic E-state index is -0.669. The molecule has 1 aromatic heterocycles. The molecule has 2 amide bonds. The first-order valence-corrected chi connectivity index (χ1v) is 9.29. The Morgan fingerprint density at radius 3 is 2.62 bits per heavy atom. The maximum absolute atomic E-state index is 11.9. The third-order valence-corrected chi connectivity index (χ3v) is 4.54. The maximum atomic E-state index is 11.9. The minimum absolute atomic E-state index is 0.175. The number of carbonyl (C=O) groups is 3. The van der Waals surface area contributed by atoms with Gasteiger partial charge in [-0.05, 0) is 31.6 Å². The Morgan fingerprint density at radius 2 is 1.93 bits per heavy atom. The number of ether oxygens (including phenoxy) is 1. The number of benzene rings is 1. The van der Waals surface area contributed by atoms with Crippen LogP contribution in [0.15, 0.2) is 30.3 Å². The van der Waals surface area contributed by atoms with E-state index in [1.54, 1.807) is 6.08 Å². The van der Waals surface area contributed by atoms with Crippen molar-refractivity contribution >= 4 is 35.5 Å². The van der Waals surface area contributed by atoms with Crippen LogP contribution in [-0.4, -0.2) is 47.8 Å². The Labute approximate surface area is 173 Å². The highest BCUT2D eigenvalue weighted by atomic mass is 35.5. The van der Waals surface area contributed by atoms with Crippen LogP contribution < -0.4 is 10.6 Å². The molecule has 0 aliphatic rings. The van der Waals surface area contributed by atoms with E-state index in [4.69, 9.17) is 16.3 Å². The summed E-state index contributed by atoms with van der Waals surface area (Å²) in [6.07, 6.45) is 2.84. The number of aryl methyl sites for hydroxylation is 1. The highest BCUT2D eigenvalue weighted by Crippen LogP contribution is 2.20. The van der Waals surface area contributed by atoms with Gasteiger partial charge in [0.15, 0.2) is 6.61 Å². The van der Waals surface area contributed by atoms with Gasteiger partial charge in [0.25, 0.3) is 5.91 Å². The van der Waals surface area contributed by atoms with E-state index in [0.717, 1.165) is 22.5 Å². The first-order valence-electron chi connectivity index (χ1n) is 8.91. The molecule has 2 aromatic rings. The molecule has 0 bridgehead atoms. The Balaban J connectivity index is 1.95. The zero-order valence-electron chi connectivity index (χ0n) is 16.5. The summed E-state index contributed by atoms with van der Waals surface area (Å²) >= 11 is 6.21. The zero-order chi connectivity index (χ0) is 21.4. The average Bonchev–Trinajstić information content (AvgIpc) is 2.97. The van der Waals surface area contributed by atoms with Crippen molar-refractivity contribution in [2.75, 3.05) is 20.2 Å². The van der Waals surface area contributed by atoms with E-state index in [2.05, 4.69) is 15.7 Å². The van der Waals surface area contributed by atoms with Gasteiger partial charge < -0.3 is 15.4 Å². The van der Waals surface area contributed by atoms with E-state index in [9.17, 15) is 14.4 Å². The number of hydrogen-bond donors (Lipinski definition) is 2. The number of nitrogens with zero attached hydrogens (tertiary/aromatic N) is 2. The quantitative estimate of drug-likeness (QED) is 0.501. The van der Waals surface area contributed by atoms with Gasteiger partial charge in [-0.15, -0.1) is 0 Å². The zero-order valence-corrected chi connectivity index (χ0v) is 17.2. The summed E-state index contributed by atoms with van der Waals surface area (Å²) in [7, 11) is 1.46. The fourth-order valence-electron chi connectivity index (χ4n) is 2.55. The molecule has 0 saturated carbocycles. The summed E-state index contributed by atoms with van der Waals surface area (Å²) in [5.41, 5.74) is 3.35. The standard InChI is InChI=1S/C20H23ClN4O4/c1-13-16(8-9-20(28)29-12-19(27)23-10-18(26)22-3)14(2)25(24-13)11-15-6-4-5-7-17(15)21/h4-9H,10-12H2,1-3H3,(H,22,26)(H,23,27)/b9-8+. The molecule has 0 unspecified atom stereocenters. The lowest BCUT2D eigenvalue weighted by Gasteiger charge is -2.06. The Hall–Kier alpha value is -3.13. The Bertz CT molecular complexity index is 937. The van der Waals surface area contributed by atoms with E-state index >= 15 is 0 Å². The monoisotopic (exact) mass is 418 g/mol. The number of carbonyl (C=O) groups excluding carboxylic acids is 3. The number of halogens is 1. The number of rotatable bonds is 8. The van der Waals surface area contributed by atoms with E-state index in [0.29, 0.717) is 11.6 Å². The van der Waals surface area contributed by atoms with Crippen molar-refractivity contribution in [1.82, 2.24) is 20.4 Å². The smallest absolute Gasteiger partial charge is 0.331 e. The number of nitrogens with one attached hydrogen (secondary N) is 2. The third-order valence-electron chi connectivity index (χ3n) is 4.17. The van der Waals surface area contributed by atoms with Gasteiger partial charge in [0.05, 0.1) is 18.8 Å². The number of likely N-dealkylation sites (N-methyl/N-ethyl adjacent to an activating group) is 1. The molecular formula is C20H23ClN4O4. The lowest BCUT2D eigenvalue weighted by molar-refractivity contribution is -0.143. The van der Waals surface area contributed by atoms with Crippen molar-refractivity contribution in [2.45, 2.75) is 20.4 Å². The van der Waals surface area contributed by atoms with Crippen molar-refractivity contribution < 1.29 is 19.1 Å². The van der Waals surface area contributed by atoms with Gasteiger partial charge >= 0.3 is 5.97 Å². The van der Waals surface area contributed by atoms with Crippen LogP contribution in [0, 0.1) is 13.8 Å². The lowest BCUT2D eigenvalue weighted by atomic mass is 10.1. The normalized spacial score (nSPS) is 10.8. The van der Waals surface area contributed by atoms with Crippen LogP contribution in [0.5, 0.6) is 0 Å². The summed E-state index contributed by atoms with van der Waals surface area (Å²) in [5, 5.41) is 9.86. The molecule has 2 rings (SSSR count). The van der Waals surface area contributed by atoms with E-state index in [-0.39, 0.29) is 12.5 Å². The van der Waals surface area contributed by atoms with Gasteiger partial charge in [-0.3, -0.25) is 14.3 Å². The highest BCUT2D eigenvalue weighted by Gasteiger charge is 2.12. The molecule has 8 nitrogen and oxygen atoms in total. The van der Waals surface area contributed by atoms with Gasteiger partial charge in [-0.25, -0.2) is 4.79 Å². The second-order valence-corrected chi connectivity index (χ2v) is 6.63. The van der Waals surface area contributed by atoms with Crippen LogP contribution in [0.4, 0.5) is 0 Å². The molecular weight excluding hydrogens is 396 g/mol. The molecule has 154 valence electrons. The van der Waals surface area contributed by atoms with Gasteiger partial charge in [-0.1, -0.05) is 29.8 Å².